The summed E-state index contributed by atoms with van der Waals surface area (Å²) in [7, 11) is 0. The van der Waals surface area contributed by atoms with E-state index in [0.717, 1.165) is 24.8 Å². The largest absolute Gasteiger partial charge is 0.294 e. The van der Waals surface area contributed by atoms with E-state index in [4.69, 9.17) is 0 Å². The lowest BCUT2D eigenvalue weighted by molar-refractivity contribution is 0.0938. The quantitative estimate of drug-likeness (QED) is 0.535. The van der Waals surface area contributed by atoms with Gasteiger partial charge in [-0.15, -0.1) is 6.58 Å². The van der Waals surface area contributed by atoms with Crippen molar-refractivity contribution in [3.8, 4) is 0 Å². The summed E-state index contributed by atoms with van der Waals surface area (Å²) in [4.78, 5) is 12.2. The Morgan fingerprint density at radius 2 is 2.22 bits per heavy atom. The first-order chi connectivity index (χ1) is 8.77. The number of Topliss-reactive ketones (excluding diaryl/α,β-unsaturated/α-hetero) is 1. The van der Waals surface area contributed by atoms with E-state index in [-0.39, 0.29) is 5.92 Å². The first-order valence-electron chi connectivity index (χ1n) is 7.03. The van der Waals surface area contributed by atoms with Crippen LogP contribution in [0.4, 0.5) is 0 Å². The number of rotatable bonds is 6. The van der Waals surface area contributed by atoms with Crippen molar-refractivity contribution in [2.75, 3.05) is 0 Å². The van der Waals surface area contributed by atoms with E-state index in [1.165, 1.54) is 30.4 Å². The van der Waals surface area contributed by atoms with Crippen molar-refractivity contribution in [1.29, 1.82) is 0 Å². The molecule has 1 aromatic carbocycles. The lowest BCUT2D eigenvalue weighted by Crippen LogP contribution is -2.07. The summed E-state index contributed by atoms with van der Waals surface area (Å²) in [5, 5.41) is 0. The molecule has 0 radical (unpaired) electrons. The fourth-order valence-corrected chi connectivity index (χ4v) is 2.86. The summed E-state index contributed by atoms with van der Waals surface area (Å²) < 4.78 is 0. The Kier molecular flexibility index (Phi) is 4.35. The van der Waals surface area contributed by atoms with Crippen LogP contribution in [0.15, 0.2) is 30.9 Å². The van der Waals surface area contributed by atoms with Gasteiger partial charge in [-0.05, 0) is 36.8 Å². The van der Waals surface area contributed by atoms with E-state index in [2.05, 4.69) is 19.6 Å². The van der Waals surface area contributed by atoms with Crippen LogP contribution in [-0.2, 0) is 12.8 Å². The van der Waals surface area contributed by atoms with E-state index >= 15 is 0 Å². The van der Waals surface area contributed by atoms with Crippen molar-refractivity contribution in [1.82, 2.24) is 0 Å². The molecule has 0 fully saturated rings. The lowest BCUT2D eigenvalue weighted by Gasteiger charge is -2.07. The number of hydrogen-bond donors (Lipinski definition) is 0. The second-order valence-corrected chi connectivity index (χ2v) is 5.19. The van der Waals surface area contributed by atoms with Crippen LogP contribution >= 0.6 is 0 Å². The van der Waals surface area contributed by atoms with Crippen LogP contribution in [-0.4, -0.2) is 5.78 Å². The number of unbranched alkanes of at least 4 members (excludes halogenated alkanes) is 2. The van der Waals surface area contributed by atoms with E-state index in [1.807, 2.05) is 18.2 Å². The molecule has 1 heteroatoms. The van der Waals surface area contributed by atoms with Gasteiger partial charge >= 0.3 is 0 Å². The van der Waals surface area contributed by atoms with Gasteiger partial charge < -0.3 is 0 Å². The van der Waals surface area contributed by atoms with Crippen LogP contribution in [0.25, 0.3) is 0 Å². The molecule has 0 heterocycles. The molecule has 0 bridgehead atoms. The second-order valence-electron chi connectivity index (χ2n) is 5.19. The number of benzene rings is 1. The fraction of sp³-hybridized carbons (Fsp3) is 0.471. The third-order valence-electron chi connectivity index (χ3n) is 3.86. The van der Waals surface area contributed by atoms with Crippen LogP contribution in [0.5, 0.6) is 0 Å². The number of fused-ring (bicyclic) bond motifs is 1. The van der Waals surface area contributed by atoms with Gasteiger partial charge in [0.25, 0.3) is 0 Å². The zero-order chi connectivity index (χ0) is 13.0. The van der Waals surface area contributed by atoms with Gasteiger partial charge in [-0.3, -0.25) is 4.79 Å². The number of carbonyl (C=O) groups excluding carboxylic acids is 1. The van der Waals surface area contributed by atoms with Crippen molar-refractivity contribution < 1.29 is 4.79 Å². The second kappa shape index (κ2) is 5.99. The highest BCUT2D eigenvalue weighted by molar-refractivity contribution is 6.02. The Morgan fingerprint density at radius 3 is 2.94 bits per heavy atom. The molecule has 1 aliphatic rings. The molecule has 0 saturated carbocycles. The minimum atomic E-state index is 0.143. The highest BCUT2D eigenvalue weighted by Crippen LogP contribution is 2.32. The maximum absolute atomic E-state index is 12.2. The monoisotopic (exact) mass is 242 g/mol. The SMILES string of the molecule is C=CCC1Cc2c(CCCCC)cccc2C1=O. The Hall–Kier alpha value is -1.37. The average Bonchev–Trinajstić information content (AvgIpc) is 2.69. The van der Waals surface area contributed by atoms with Gasteiger partial charge in [0.1, 0.15) is 0 Å². The number of carbonyl (C=O) groups is 1. The first kappa shape index (κ1) is 13.1. The smallest absolute Gasteiger partial charge is 0.166 e. The van der Waals surface area contributed by atoms with Gasteiger partial charge in [-0.2, -0.15) is 0 Å². The first-order valence-corrected chi connectivity index (χ1v) is 7.03. The standard InChI is InChI=1S/C17H22O/c1-3-5-6-9-13-10-7-11-15-16(13)12-14(8-4-2)17(15)18/h4,7,10-11,14H,2-3,5-6,8-9,12H2,1H3. The van der Waals surface area contributed by atoms with Gasteiger partial charge in [0, 0.05) is 11.5 Å². The van der Waals surface area contributed by atoms with E-state index in [0.29, 0.717) is 5.78 Å². The molecule has 1 unspecified atom stereocenters. The number of aryl methyl sites for hydroxylation is 1. The normalized spacial score (nSPS) is 17.8. The van der Waals surface area contributed by atoms with E-state index < -0.39 is 0 Å². The van der Waals surface area contributed by atoms with Crippen molar-refractivity contribution >= 4 is 5.78 Å². The minimum absolute atomic E-state index is 0.143. The van der Waals surface area contributed by atoms with Gasteiger partial charge in [-0.1, -0.05) is 44.0 Å². The third kappa shape index (κ3) is 2.55. The topological polar surface area (TPSA) is 17.1 Å². The van der Waals surface area contributed by atoms with Gasteiger partial charge in [-0.25, -0.2) is 0 Å². The van der Waals surface area contributed by atoms with Crippen LogP contribution < -0.4 is 0 Å². The molecule has 1 aromatic rings. The average molecular weight is 242 g/mol. The third-order valence-corrected chi connectivity index (χ3v) is 3.86. The Balaban J connectivity index is 2.17. The highest BCUT2D eigenvalue weighted by atomic mass is 16.1. The van der Waals surface area contributed by atoms with Crippen LogP contribution in [0.3, 0.4) is 0 Å². The van der Waals surface area contributed by atoms with E-state index in [1.54, 1.807) is 0 Å². The lowest BCUT2D eigenvalue weighted by atomic mass is 9.97. The minimum Gasteiger partial charge on any atom is -0.294 e. The Morgan fingerprint density at radius 1 is 1.39 bits per heavy atom. The zero-order valence-corrected chi connectivity index (χ0v) is 11.2. The Labute approximate surface area is 110 Å². The molecule has 18 heavy (non-hydrogen) atoms. The summed E-state index contributed by atoms with van der Waals surface area (Å²) in [5.41, 5.74) is 3.67. The van der Waals surface area contributed by atoms with Crippen molar-refractivity contribution in [3.05, 3.63) is 47.5 Å². The predicted octanol–water partition coefficient (Wildman–Crippen LogP) is 4.35. The molecule has 0 spiro atoms. The molecule has 0 aromatic heterocycles. The molecule has 0 saturated heterocycles. The number of hydrogen-bond acceptors (Lipinski definition) is 1. The van der Waals surface area contributed by atoms with Crippen LogP contribution in [0.2, 0.25) is 0 Å². The van der Waals surface area contributed by atoms with Gasteiger partial charge in [0.15, 0.2) is 5.78 Å². The highest BCUT2D eigenvalue weighted by Gasteiger charge is 2.30. The van der Waals surface area contributed by atoms with Crippen molar-refractivity contribution in [3.63, 3.8) is 0 Å². The van der Waals surface area contributed by atoms with Crippen LogP contribution in [0.1, 0.15) is 54.1 Å². The predicted molar refractivity (Wildman–Crippen MR) is 76.0 cm³/mol. The molecule has 0 N–H and O–H groups in total. The molecule has 0 amide bonds. The summed E-state index contributed by atoms with van der Waals surface area (Å²) in [5.74, 6) is 0.465. The molecular formula is C17H22O. The summed E-state index contributed by atoms with van der Waals surface area (Å²) in [6.07, 6.45) is 8.45. The summed E-state index contributed by atoms with van der Waals surface area (Å²) >= 11 is 0. The molecule has 1 nitrogen and oxygen atoms in total. The molecule has 96 valence electrons. The number of ketones is 1. The Bertz CT molecular complexity index is 445. The summed E-state index contributed by atoms with van der Waals surface area (Å²) in [6.45, 7) is 5.97. The summed E-state index contributed by atoms with van der Waals surface area (Å²) in [6, 6.07) is 6.22. The fourth-order valence-electron chi connectivity index (χ4n) is 2.86. The van der Waals surface area contributed by atoms with Crippen LogP contribution in [0, 0.1) is 5.92 Å². The molecule has 0 aliphatic heterocycles. The van der Waals surface area contributed by atoms with Gasteiger partial charge in [0.2, 0.25) is 0 Å². The molecule has 2 rings (SSSR count). The maximum atomic E-state index is 12.2. The number of allylic oxidation sites excluding steroid dienone is 1. The van der Waals surface area contributed by atoms with E-state index in [9.17, 15) is 4.79 Å². The van der Waals surface area contributed by atoms with Crippen molar-refractivity contribution in [2.45, 2.75) is 45.4 Å². The van der Waals surface area contributed by atoms with Gasteiger partial charge in [0.05, 0.1) is 0 Å². The molecule has 1 atom stereocenters. The maximum Gasteiger partial charge on any atom is 0.166 e. The molecule has 1 aliphatic carbocycles. The van der Waals surface area contributed by atoms with Crippen molar-refractivity contribution in [2.24, 2.45) is 5.92 Å². The zero-order valence-electron chi connectivity index (χ0n) is 11.2. The molecular weight excluding hydrogens is 220 g/mol.